The molecule has 1 N–H and O–H groups in total. The zero-order valence-corrected chi connectivity index (χ0v) is 13.1. The fourth-order valence-electron chi connectivity index (χ4n) is 3.97. The Bertz CT molecular complexity index is 681. The summed E-state index contributed by atoms with van der Waals surface area (Å²) in [6, 6.07) is 6.07. The average Bonchev–Trinajstić information content (AvgIpc) is 2.85. The van der Waals surface area contributed by atoms with Gasteiger partial charge in [-0.2, -0.15) is 0 Å². The lowest BCUT2D eigenvalue weighted by molar-refractivity contribution is -0.147. The Morgan fingerprint density at radius 3 is 2.24 bits per heavy atom. The number of rotatable bonds is 3. The van der Waals surface area contributed by atoms with Gasteiger partial charge in [-0.1, -0.05) is 36.6 Å². The number of hydrogen-bond acceptors (Lipinski definition) is 3. The third-order valence-corrected chi connectivity index (χ3v) is 7.88. The summed E-state index contributed by atoms with van der Waals surface area (Å²) in [7, 11) is -3.99. The summed E-state index contributed by atoms with van der Waals surface area (Å²) in [6.07, 6.45) is 4.40. The van der Waals surface area contributed by atoms with Gasteiger partial charge in [0.25, 0.3) is 0 Å². The van der Waals surface area contributed by atoms with E-state index in [-0.39, 0.29) is 28.2 Å². The Morgan fingerprint density at radius 1 is 1.14 bits per heavy atom. The Kier molecular flexibility index (Phi) is 3.33. The van der Waals surface area contributed by atoms with E-state index < -0.39 is 20.6 Å². The molecule has 2 fully saturated rings. The first-order chi connectivity index (χ1) is 9.83. The Morgan fingerprint density at radius 2 is 1.71 bits per heavy atom. The van der Waals surface area contributed by atoms with Gasteiger partial charge in [0.1, 0.15) is 0 Å². The van der Waals surface area contributed by atoms with Crippen LogP contribution in [0.5, 0.6) is 0 Å². The van der Waals surface area contributed by atoms with E-state index in [1.807, 2.05) is 0 Å². The maximum absolute atomic E-state index is 12.9. The molecule has 0 saturated heterocycles. The van der Waals surface area contributed by atoms with E-state index in [1.165, 1.54) is 12.1 Å². The minimum Gasteiger partial charge on any atom is -0.480 e. The highest BCUT2D eigenvalue weighted by atomic mass is 35.5. The molecule has 2 saturated carbocycles. The molecule has 2 aliphatic carbocycles. The second-order valence-electron chi connectivity index (χ2n) is 6.29. The summed E-state index contributed by atoms with van der Waals surface area (Å²) in [5.41, 5.74) is -0.0906. The Hall–Kier alpha value is -1.07. The first-order valence-corrected chi connectivity index (χ1v) is 8.92. The van der Waals surface area contributed by atoms with Crippen LogP contribution in [-0.2, 0) is 14.6 Å². The molecule has 0 heterocycles. The van der Waals surface area contributed by atoms with Crippen molar-refractivity contribution in [2.24, 2.45) is 5.41 Å². The van der Waals surface area contributed by atoms with Crippen LogP contribution in [0.4, 0.5) is 0 Å². The van der Waals surface area contributed by atoms with E-state index >= 15 is 0 Å². The van der Waals surface area contributed by atoms with E-state index in [4.69, 9.17) is 11.6 Å². The molecule has 1 spiro atoms. The summed E-state index contributed by atoms with van der Waals surface area (Å²) in [5.74, 6) is -1.25. The van der Waals surface area contributed by atoms with Crippen LogP contribution in [0.15, 0.2) is 29.2 Å². The lowest BCUT2D eigenvalue weighted by atomic mass is 9.60. The molecule has 4 nitrogen and oxygen atoms in total. The summed E-state index contributed by atoms with van der Waals surface area (Å²) in [4.78, 5) is 11.7. The standard InChI is InChI=1S/C15H17ClO4S/c16-11-5-1-2-6-12(11)21(19,20)15(13(17)18)9-14(10-15)7-3-4-8-14/h1-2,5-6H,3-4,7-10H2,(H,17,18). The Balaban J connectivity index is 2.03. The molecule has 0 aromatic heterocycles. The number of halogens is 1. The number of carboxylic acids is 1. The topological polar surface area (TPSA) is 71.4 Å². The summed E-state index contributed by atoms with van der Waals surface area (Å²) in [5, 5.41) is 9.68. The second-order valence-corrected chi connectivity index (χ2v) is 8.93. The molecule has 114 valence electrons. The second kappa shape index (κ2) is 4.71. The SMILES string of the molecule is O=C(O)C1(S(=O)(=O)c2ccccc2Cl)CC2(CCCC2)C1. The van der Waals surface area contributed by atoms with Crippen LogP contribution >= 0.6 is 11.6 Å². The van der Waals surface area contributed by atoms with Crippen molar-refractivity contribution in [3.63, 3.8) is 0 Å². The van der Waals surface area contributed by atoms with E-state index in [0.29, 0.717) is 0 Å². The van der Waals surface area contributed by atoms with E-state index in [0.717, 1.165) is 25.7 Å². The molecule has 0 aliphatic heterocycles. The van der Waals surface area contributed by atoms with Crippen LogP contribution in [0, 0.1) is 5.41 Å². The predicted molar refractivity (Wildman–Crippen MR) is 79.1 cm³/mol. The molecule has 1 aromatic carbocycles. The molecule has 6 heteroatoms. The number of aliphatic carboxylic acids is 1. The molecular formula is C15H17ClO4S. The zero-order valence-electron chi connectivity index (χ0n) is 11.5. The van der Waals surface area contributed by atoms with Crippen LogP contribution < -0.4 is 0 Å². The van der Waals surface area contributed by atoms with Gasteiger partial charge in [-0.3, -0.25) is 4.79 Å². The quantitative estimate of drug-likeness (QED) is 0.924. The van der Waals surface area contributed by atoms with Crippen LogP contribution in [0.25, 0.3) is 0 Å². The first-order valence-electron chi connectivity index (χ1n) is 7.06. The molecule has 0 atom stereocenters. The van der Waals surface area contributed by atoms with Crippen molar-refractivity contribution in [1.82, 2.24) is 0 Å². The van der Waals surface area contributed by atoms with Gasteiger partial charge < -0.3 is 5.11 Å². The van der Waals surface area contributed by atoms with Gasteiger partial charge in [0.2, 0.25) is 0 Å². The fourth-order valence-corrected chi connectivity index (χ4v) is 6.63. The molecule has 0 radical (unpaired) electrons. The number of carbonyl (C=O) groups is 1. The van der Waals surface area contributed by atoms with E-state index in [2.05, 4.69) is 0 Å². The molecule has 0 amide bonds. The number of hydrogen-bond donors (Lipinski definition) is 1. The highest BCUT2D eigenvalue weighted by molar-refractivity contribution is 7.93. The lowest BCUT2D eigenvalue weighted by Crippen LogP contribution is -2.60. The minimum atomic E-state index is -3.99. The third kappa shape index (κ3) is 2.01. The van der Waals surface area contributed by atoms with Gasteiger partial charge in [0, 0.05) is 0 Å². The number of benzene rings is 1. The zero-order chi connectivity index (χ0) is 15.3. The molecule has 21 heavy (non-hydrogen) atoms. The maximum atomic E-state index is 12.9. The lowest BCUT2D eigenvalue weighted by Gasteiger charge is -2.51. The highest BCUT2D eigenvalue weighted by Gasteiger charge is 2.67. The molecule has 3 rings (SSSR count). The first kappa shape index (κ1) is 14.9. The van der Waals surface area contributed by atoms with Crippen molar-refractivity contribution in [3.05, 3.63) is 29.3 Å². The summed E-state index contributed by atoms with van der Waals surface area (Å²) in [6.45, 7) is 0. The van der Waals surface area contributed by atoms with Crippen LogP contribution in [-0.4, -0.2) is 24.2 Å². The van der Waals surface area contributed by atoms with Gasteiger partial charge in [-0.15, -0.1) is 0 Å². The summed E-state index contributed by atoms with van der Waals surface area (Å²) < 4.78 is 24.0. The predicted octanol–water partition coefficient (Wildman–Crippen LogP) is 3.29. The normalized spacial score (nSPS) is 22.9. The van der Waals surface area contributed by atoms with Gasteiger partial charge in [-0.25, -0.2) is 8.42 Å². The maximum Gasteiger partial charge on any atom is 0.325 e. The summed E-state index contributed by atoms with van der Waals surface area (Å²) >= 11 is 5.98. The Labute approximate surface area is 129 Å². The van der Waals surface area contributed by atoms with E-state index in [9.17, 15) is 18.3 Å². The minimum absolute atomic E-state index is 0.0677. The largest absolute Gasteiger partial charge is 0.480 e. The molecule has 0 unspecified atom stereocenters. The van der Waals surface area contributed by atoms with Gasteiger partial charge >= 0.3 is 5.97 Å². The van der Waals surface area contributed by atoms with Crippen LogP contribution in [0.2, 0.25) is 5.02 Å². The van der Waals surface area contributed by atoms with E-state index in [1.54, 1.807) is 12.1 Å². The molecule has 0 bridgehead atoms. The van der Waals surface area contributed by atoms with Crippen molar-refractivity contribution in [3.8, 4) is 0 Å². The molecular weight excluding hydrogens is 312 g/mol. The molecule has 1 aromatic rings. The van der Waals surface area contributed by atoms with Crippen molar-refractivity contribution in [2.75, 3.05) is 0 Å². The van der Waals surface area contributed by atoms with Crippen molar-refractivity contribution in [2.45, 2.75) is 48.2 Å². The van der Waals surface area contributed by atoms with Gasteiger partial charge in [-0.05, 0) is 43.2 Å². The van der Waals surface area contributed by atoms with Crippen molar-refractivity contribution < 1.29 is 18.3 Å². The monoisotopic (exact) mass is 328 g/mol. The third-order valence-electron chi connectivity index (χ3n) is 5.02. The van der Waals surface area contributed by atoms with Gasteiger partial charge in [0.15, 0.2) is 14.6 Å². The number of carboxylic acid groups (broad SMARTS) is 1. The van der Waals surface area contributed by atoms with Crippen molar-refractivity contribution >= 4 is 27.4 Å². The highest BCUT2D eigenvalue weighted by Crippen LogP contribution is 2.62. The smallest absolute Gasteiger partial charge is 0.325 e. The molecule has 2 aliphatic rings. The van der Waals surface area contributed by atoms with Gasteiger partial charge in [0.05, 0.1) is 9.92 Å². The van der Waals surface area contributed by atoms with Crippen molar-refractivity contribution in [1.29, 1.82) is 0 Å². The van der Waals surface area contributed by atoms with Crippen LogP contribution in [0.1, 0.15) is 38.5 Å². The number of sulfone groups is 1. The fraction of sp³-hybridized carbons (Fsp3) is 0.533. The van der Waals surface area contributed by atoms with Crippen LogP contribution in [0.3, 0.4) is 0 Å². The average molecular weight is 329 g/mol.